The topological polar surface area (TPSA) is 97.4 Å². The normalized spacial score (nSPS) is 12.6. The van der Waals surface area contributed by atoms with E-state index in [0.717, 1.165) is 18.2 Å². The molecule has 0 aliphatic carbocycles. The molecule has 0 saturated carbocycles. The van der Waals surface area contributed by atoms with Crippen LogP contribution in [0.3, 0.4) is 0 Å². The van der Waals surface area contributed by atoms with Gasteiger partial charge in [-0.05, 0) is 42.3 Å². The number of ether oxygens (including phenoxy) is 1. The summed E-state index contributed by atoms with van der Waals surface area (Å²) >= 11 is 0. The van der Waals surface area contributed by atoms with Crippen LogP contribution >= 0.6 is 0 Å². The smallest absolute Gasteiger partial charge is 0.433 e. The summed E-state index contributed by atoms with van der Waals surface area (Å²) in [5, 5.41) is 2.21. The van der Waals surface area contributed by atoms with Crippen LogP contribution in [0.25, 0.3) is 6.08 Å². The number of hydrogen-bond acceptors (Lipinski definition) is 5. The van der Waals surface area contributed by atoms with Crippen molar-refractivity contribution in [2.75, 3.05) is 17.6 Å². The highest BCUT2D eigenvalue weighted by Crippen LogP contribution is 2.37. The molecule has 0 fully saturated rings. The van der Waals surface area contributed by atoms with Crippen molar-refractivity contribution in [2.24, 2.45) is 0 Å². The fourth-order valence-corrected chi connectivity index (χ4v) is 3.43. The van der Waals surface area contributed by atoms with E-state index in [2.05, 4.69) is 10.3 Å². The van der Waals surface area contributed by atoms with Crippen molar-refractivity contribution < 1.29 is 48.7 Å². The van der Waals surface area contributed by atoms with E-state index >= 15 is 0 Å². The summed E-state index contributed by atoms with van der Waals surface area (Å²) in [4.78, 5) is 15.6. The Bertz CT molecular complexity index is 1260. The summed E-state index contributed by atoms with van der Waals surface area (Å²) in [5.41, 5.74) is -4.36. The molecule has 0 saturated heterocycles. The molecular formula is C22H22F7N3O4S. The number of carbonyl (C=O) groups excluding carboxylic acids is 1. The molecule has 2 N–H and O–H groups in total. The van der Waals surface area contributed by atoms with Crippen molar-refractivity contribution in [1.29, 1.82) is 0 Å². The number of amides is 1. The van der Waals surface area contributed by atoms with E-state index in [1.54, 1.807) is 0 Å². The number of carbonyl (C=O) groups is 1. The Morgan fingerprint density at radius 1 is 1.11 bits per heavy atom. The van der Waals surface area contributed by atoms with Crippen molar-refractivity contribution in [3.63, 3.8) is 0 Å². The number of nitrogens with zero attached hydrogens (tertiary/aromatic N) is 1. The van der Waals surface area contributed by atoms with Crippen LogP contribution < -0.4 is 14.8 Å². The second-order valence-corrected chi connectivity index (χ2v) is 9.46. The van der Waals surface area contributed by atoms with Crippen LogP contribution in [0.1, 0.15) is 42.1 Å². The Morgan fingerprint density at radius 2 is 1.78 bits per heavy atom. The third-order valence-corrected chi connectivity index (χ3v) is 5.12. The first-order chi connectivity index (χ1) is 17.0. The molecule has 0 atom stereocenters. The Morgan fingerprint density at radius 3 is 2.35 bits per heavy atom. The van der Waals surface area contributed by atoms with Gasteiger partial charge in [-0.2, -0.15) is 26.3 Å². The lowest BCUT2D eigenvalue weighted by atomic mass is 10.1. The van der Waals surface area contributed by atoms with Crippen LogP contribution in [0.2, 0.25) is 0 Å². The molecule has 2 aromatic rings. The summed E-state index contributed by atoms with van der Waals surface area (Å²) in [6, 6.07) is 2.82. The minimum atomic E-state index is -5.11. The number of rotatable bonds is 10. The number of unbranched alkanes of at least 4 members (excludes halogenated alkanes) is 1. The number of nitrogens with one attached hydrogen (secondary N) is 2. The summed E-state index contributed by atoms with van der Waals surface area (Å²) < 4.78 is 123. The van der Waals surface area contributed by atoms with Crippen LogP contribution in [0.4, 0.5) is 36.4 Å². The minimum absolute atomic E-state index is 0.0425. The number of benzene rings is 1. The highest BCUT2D eigenvalue weighted by atomic mass is 32.2. The van der Waals surface area contributed by atoms with Gasteiger partial charge in [-0.1, -0.05) is 13.3 Å². The van der Waals surface area contributed by atoms with Crippen LogP contribution in [-0.2, 0) is 33.7 Å². The van der Waals surface area contributed by atoms with Gasteiger partial charge >= 0.3 is 12.4 Å². The number of sulfonamides is 1. The van der Waals surface area contributed by atoms with Crippen molar-refractivity contribution in [2.45, 2.75) is 38.7 Å². The van der Waals surface area contributed by atoms with Gasteiger partial charge in [-0.15, -0.1) is 0 Å². The zero-order valence-corrected chi connectivity index (χ0v) is 20.2. The predicted molar refractivity (Wildman–Crippen MR) is 120 cm³/mol. The van der Waals surface area contributed by atoms with Gasteiger partial charge in [0, 0.05) is 18.2 Å². The molecule has 0 aliphatic rings. The summed E-state index contributed by atoms with van der Waals surface area (Å²) in [7, 11) is -4.22. The zero-order valence-electron chi connectivity index (χ0n) is 19.4. The van der Waals surface area contributed by atoms with Crippen LogP contribution in [0, 0.1) is 5.82 Å². The highest BCUT2D eigenvalue weighted by molar-refractivity contribution is 7.92. The highest BCUT2D eigenvalue weighted by Gasteiger charge is 2.36. The van der Waals surface area contributed by atoms with E-state index in [0.29, 0.717) is 37.3 Å². The molecule has 2 rings (SSSR count). The van der Waals surface area contributed by atoms with E-state index in [1.807, 2.05) is 6.92 Å². The molecule has 0 bridgehead atoms. The maximum Gasteiger partial charge on any atom is 0.433 e. The second kappa shape index (κ2) is 11.8. The first kappa shape index (κ1) is 29.9. The van der Waals surface area contributed by atoms with Gasteiger partial charge in [-0.3, -0.25) is 9.52 Å². The second-order valence-electron chi connectivity index (χ2n) is 7.71. The van der Waals surface area contributed by atoms with E-state index in [1.165, 1.54) is 4.72 Å². The van der Waals surface area contributed by atoms with Gasteiger partial charge < -0.3 is 10.1 Å². The molecule has 1 aromatic heterocycles. The zero-order chi connectivity index (χ0) is 28.0. The fraction of sp³-hybridized carbons (Fsp3) is 0.364. The molecule has 204 valence electrons. The molecule has 7 nitrogen and oxygen atoms in total. The first-order valence-corrected chi connectivity index (χ1v) is 12.4. The monoisotopic (exact) mass is 557 g/mol. The van der Waals surface area contributed by atoms with Gasteiger partial charge in [0.2, 0.25) is 21.8 Å². The summed E-state index contributed by atoms with van der Waals surface area (Å²) in [6.45, 7) is 1.34. The Balaban J connectivity index is 2.22. The SMILES string of the molecule is CCCCOc1nc(C(F)(F)F)ccc1C=CC(=O)NCc1cc(F)c(NS(C)(=O)=O)c(C(F)(F)F)c1. The molecule has 0 radical (unpaired) electrons. The minimum Gasteiger partial charge on any atom is -0.477 e. The number of halogens is 7. The van der Waals surface area contributed by atoms with E-state index in [4.69, 9.17) is 4.74 Å². The maximum absolute atomic E-state index is 14.3. The lowest BCUT2D eigenvalue weighted by Crippen LogP contribution is -2.22. The van der Waals surface area contributed by atoms with Gasteiger partial charge in [0.05, 0.1) is 24.1 Å². The molecule has 0 spiro atoms. The summed E-state index contributed by atoms with van der Waals surface area (Å²) in [6.07, 6.45) is -6.05. The van der Waals surface area contributed by atoms with Crippen LogP contribution in [0.5, 0.6) is 5.88 Å². The quantitative estimate of drug-likeness (QED) is 0.240. The van der Waals surface area contributed by atoms with Crippen molar-refractivity contribution in [3.05, 3.63) is 58.5 Å². The van der Waals surface area contributed by atoms with Gasteiger partial charge in [0.25, 0.3) is 0 Å². The third kappa shape index (κ3) is 9.22. The maximum atomic E-state index is 14.3. The molecule has 1 aromatic carbocycles. The van der Waals surface area contributed by atoms with Crippen LogP contribution in [-0.4, -0.2) is 32.2 Å². The molecule has 0 aliphatic heterocycles. The molecular weight excluding hydrogens is 535 g/mol. The van der Waals surface area contributed by atoms with E-state index in [-0.39, 0.29) is 23.6 Å². The fourth-order valence-electron chi connectivity index (χ4n) is 2.86. The average molecular weight is 557 g/mol. The van der Waals surface area contributed by atoms with Gasteiger partial charge in [0.1, 0.15) is 11.5 Å². The Labute approximate surface area is 207 Å². The standard InChI is InChI=1S/C22H22F7N3O4S/c1-3-4-9-36-20-14(5-7-17(31-20)22(27,28)29)6-8-18(33)30-12-13-10-15(21(24,25)26)19(16(23)11-13)32-37(2,34)35/h5-8,10-11,32H,3-4,9,12H2,1-2H3,(H,30,33). The first-order valence-electron chi connectivity index (χ1n) is 10.6. The van der Waals surface area contributed by atoms with Crippen LogP contribution in [0.15, 0.2) is 30.3 Å². The number of hydrogen-bond donors (Lipinski definition) is 2. The largest absolute Gasteiger partial charge is 0.477 e. The molecule has 1 amide bonds. The summed E-state index contributed by atoms with van der Waals surface area (Å²) in [5.74, 6) is -2.74. The van der Waals surface area contributed by atoms with Crippen molar-refractivity contribution in [3.8, 4) is 5.88 Å². The molecule has 1 heterocycles. The third-order valence-electron chi connectivity index (χ3n) is 4.54. The van der Waals surface area contributed by atoms with Gasteiger partial charge in [-0.25, -0.2) is 17.8 Å². The van der Waals surface area contributed by atoms with E-state index in [9.17, 15) is 43.9 Å². The average Bonchev–Trinajstić information content (AvgIpc) is 2.76. The lowest BCUT2D eigenvalue weighted by Gasteiger charge is -2.16. The number of alkyl halides is 6. The molecule has 15 heteroatoms. The Hall–Kier alpha value is -3.36. The Kier molecular flexibility index (Phi) is 9.52. The number of anilines is 1. The van der Waals surface area contributed by atoms with Gasteiger partial charge in [0.15, 0.2) is 0 Å². The van der Waals surface area contributed by atoms with Crippen molar-refractivity contribution in [1.82, 2.24) is 10.3 Å². The van der Waals surface area contributed by atoms with E-state index < -0.39 is 57.6 Å². The predicted octanol–water partition coefficient (Wildman–Crippen LogP) is 5.14. The molecule has 37 heavy (non-hydrogen) atoms. The van der Waals surface area contributed by atoms with Crippen molar-refractivity contribution >= 4 is 27.7 Å². The number of aromatic nitrogens is 1. The molecule has 0 unspecified atom stereocenters. The lowest BCUT2D eigenvalue weighted by molar-refractivity contribution is -0.141. The number of pyridine rings is 1.